The second-order valence-electron chi connectivity index (χ2n) is 5.15. The van der Waals surface area contributed by atoms with Crippen LogP contribution in [0.5, 0.6) is 0 Å². The summed E-state index contributed by atoms with van der Waals surface area (Å²) in [7, 11) is 0. The molecule has 1 aromatic rings. The van der Waals surface area contributed by atoms with Crippen LogP contribution in [0.2, 0.25) is 0 Å². The number of hydrogen-bond donors (Lipinski definition) is 0. The summed E-state index contributed by atoms with van der Waals surface area (Å²) in [5.41, 5.74) is 1.69. The Morgan fingerprint density at radius 3 is 2.61 bits per heavy atom. The van der Waals surface area contributed by atoms with E-state index >= 15 is 0 Å². The van der Waals surface area contributed by atoms with Crippen molar-refractivity contribution in [1.82, 2.24) is 4.90 Å². The van der Waals surface area contributed by atoms with Gasteiger partial charge in [0.25, 0.3) is 5.91 Å². The molecule has 0 aliphatic carbocycles. The fraction of sp³-hybridized carbons (Fsp3) is 0.500. The normalized spacial score (nSPS) is 18.7. The first-order valence-electron chi connectivity index (χ1n) is 6.09. The van der Waals surface area contributed by atoms with Crippen LogP contribution in [0, 0.1) is 0 Å². The predicted molar refractivity (Wildman–Crippen MR) is 75.0 cm³/mol. The van der Waals surface area contributed by atoms with Gasteiger partial charge in [0.15, 0.2) is 0 Å². The molecule has 0 spiro atoms. The third kappa shape index (κ3) is 2.75. The van der Waals surface area contributed by atoms with Crippen molar-refractivity contribution in [3.8, 4) is 0 Å². The number of alkyl halides is 1. The van der Waals surface area contributed by atoms with Crippen molar-refractivity contribution in [2.45, 2.75) is 24.7 Å². The molecule has 1 fully saturated rings. The molecule has 1 heterocycles. The molecule has 2 rings (SSSR count). The van der Waals surface area contributed by atoms with Gasteiger partial charge in [-0.2, -0.15) is 0 Å². The molecule has 1 aliphatic heterocycles. The van der Waals surface area contributed by atoms with Gasteiger partial charge in [-0.25, -0.2) is 0 Å². The molecule has 4 heteroatoms. The van der Waals surface area contributed by atoms with E-state index in [4.69, 9.17) is 4.74 Å². The van der Waals surface area contributed by atoms with Gasteiger partial charge in [-0.3, -0.25) is 4.79 Å². The van der Waals surface area contributed by atoms with E-state index in [2.05, 4.69) is 15.9 Å². The zero-order chi connectivity index (χ0) is 13.2. The quantitative estimate of drug-likeness (QED) is 0.786. The van der Waals surface area contributed by atoms with E-state index < -0.39 is 0 Å². The first-order chi connectivity index (χ1) is 8.54. The van der Waals surface area contributed by atoms with E-state index in [0.717, 1.165) is 10.9 Å². The van der Waals surface area contributed by atoms with Gasteiger partial charge >= 0.3 is 0 Å². The molecule has 0 aromatic heterocycles. The topological polar surface area (TPSA) is 29.5 Å². The Bertz CT molecular complexity index is 428. The van der Waals surface area contributed by atoms with Crippen LogP contribution in [-0.4, -0.2) is 36.1 Å². The number of ether oxygens (including phenoxy) is 1. The van der Waals surface area contributed by atoms with Crippen molar-refractivity contribution >= 4 is 21.8 Å². The highest BCUT2D eigenvalue weighted by molar-refractivity contribution is 9.08. The fourth-order valence-electron chi connectivity index (χ4n) is 2.13. The van der Waals surface area contributed by atoms with Crippen molar-refractivity contribution in [3.05, 3.63) is 35.4 Å². The first kappa shape index (κ1) is 13.6. The molecule has 0 unspecified atom stereocenters. The van der Waals surface area contributed by atoms with Crippen molar-refractivity contribution < 1.29 is 9.53 Å². The number of rotatable bonds is 2. The smallest absolute Gasteiger partial charge is 0.254 e. The molecule has 3 nitrogen and oxygen atoms in total. The lowest BCUT2D eigenvalue weighted by molar-refractivity contribution is -0.0370. The number of hydrogen-bond acceptors (Lipinski definition) is 2. The van der Waals surface area contributed by atoms with E-state index in [9.17, 15) is 4.79 Å². The first-order valence-corrected chi connectivity index (χ1v) is 7.21. The molecule has 0 bridgehead atoms. The van der Waals surface area contributed by atoms with Crippen LogP contribution in [0.1, 0.15) is 29.8 Å². The third-order valence-corrected chi connectivity index (χ3v) is 3.89. The van der Waals surface area contributed by atoms with Gasteiger partial charge in [-0.15, -0.1) is 0 Å². The highest BCUT2D eigenvalue weighted by atomic mass is 79.9. The molecule has 0 saturated carbocycles. The summed E-state index contributed by atoms with van der Waals surface area (Å²) in [5, 5.41) is 0.810. The average molecular weight is 312 g/mol. The van der Waals surface area contributed by atoms with Crippen LogP contribution < -0.4 is 0 Å². The Labute approximate surface area is 116 Å². The Kier molecular flexibility index (Phi) is 4.07. The summed E-state index contributed by atoms with van der Waals surface area (Å²) in [6.07, 6.45) is 0. The minimum absolute atomic E-state index is 0.0874. The number of carbonyl (C=O) groups excluding carboxylic acids is 1. The van der Waals surface area contributed by atoms with Crippen LogP contribution in [0.15, 0.2) is 24.3 Å². The van der Waals surface area contributed by atoms with Gasteiger partial charge in [-0.05, 0) is 31.5 Å². The van der Waals surface area contributed by atoms with Crippen LogP contribution in [0.25, 0.3) is 0 Å². The van der Waals surface area contributed by atoms with Gasteiger partial charge < -0.3 is 9.64 Å². The lowest BCUT2D eigenvalue weighted by Crippen LogP contribution is -2.55. The molecule has 1 saturated heterocycles. The van der Waals surface area contributed by atoms with E-state index in [0.29, 0.717) is 19.8 Å². The average Bonchev–Trinajstić information content (AvgIpc) is 2.37. The third-order valence-electron chi connectivity index (χ3n) is 3.25. The summed E-state index contributed by atoms with van der Waals surface area (Å²) in [4.78, 5) is 14.4. The standard InChI is InChI=1S/C14H18BrNO2/c1-14(2)10-18-8-7-16(14)13(17)12-5-3-11(9-15)4-6-12/h3-6H,7-10H2,1-2H3. The number of morpholine rings is 1. The van der Waals surface area contributed by atoms with Gasteiger partial charge in [0, 0.05) is 17.4 Å². The molecule has 1 aliphatic rings. The molecule has 1 amide bonds. The largest absolute Gasteiger partial charge is 0.377 e. The Balaban J connectivity index is 2.19. The number of nitrogens with zero attached hydrogens (tertiary/aromatic N) is 1. The van der Waals surface area contributed by atoms with Gasteiger partial charge in [0.05, 0.1) is 18.8 Å². The maximum Gasteiger partial charge on any atom is 0.254 e. The number of carbonyl (C=O) groups is 1. The maximum atomic E-state index is 12.5. The van der Waals surface area contributed by atoms with E-state index in [1.54, 1.807) is 0 Å². The van der Waals surface area contributed by atoms with E-state index in [-0.39, 0.29) is 11.4 Å². The lowest BCUT2D eigenvalue weighted by Gasteiger charge is -2.42. The van der Waals surface area contributed by atoms with Gasteiger partial charge in [-0.1, -0.05) is 28.1 Å². The second kappa shape index (κ2) is 5.41. The van der Waals surface area contributed by atoms with E-state index in [1.807, 2.05) is 43.0 Å². The highest BCUT2D eigenvalue weighted by Gasteiger charge is 2.34. The maximum absolute atomic E-state index is 12.5. The van der Waals surface area contributed by atoms with E-state index in [1.165, 1.54) is 5.56 Å². The fourth-order valence-corrected chi connectivity index (χ4v) is 2.50. The molecular formula is C14H18BrNO2. The molecule has 18 heavy (non-hydrogen) atoms. The Morgan fingerprint density at radius 1 is 1.39 bits per heavy atom. The zero-order valence-corrected chi connectivity index (χ0v) is 12.4. The zero-order valence-electron chi connectivity index (χ0n) is 10.8. The second-order valence-corrected chi connectivity index (χ2v) is 5.71. The monoisotopic (exact) mass is 311 g/mol. The van der Waals surface area contributed by atoms with Crippen molar-refractivity contribution in [1.29, 1.82) is 0 Å². The molecule has 1 aromatic carbocycles. The lowest BCUT2D eigenvalue weighted by atomic mass is 10.0. The van der Waals surface area contributed by atoms with Gasteiger partial charge in [0.2, 0.25) is 0 Å². The molecule has 98 valence electrons. The number of amides is 1. The summed E-state index contributed by atoms with van der Waals surface area (Å²) >= 11 is 3.40. The van der Waals surface area contributed by atoms with Crippen LogP contribution in [-0.2, 0) is 10.1 Å². The molecular weight excluding hydrogens is 294 g/mol. The molecule has 0 atom stereocenters. The minimum atomic E-state index is -0.233. The summed E-state index contributed by atoms with van der Waals surface area (Å²) in [6.45, 7) is 5.95. The van der Waals surface area contributed by atoms with Crippen molar-refractivity contribution in [2.75, 3.05) is 19.8 Å². The van der Waals surface area contributed by atoms with Crippen LogP contribution in [0.3, 0.4) is 0 Å². The van der Waals surface area contributed by atoms with Crippen molar-refractivity contribution in [2.24, 2.45) is 0 Å². The summed E-state index contributed by atoms with van der Waals surface area (Å²) < 4.78 is 5.44. The summed E-state index contributed by atoms with van der Waals surface area (Å²) in [5.74, 6) is 0.0874. The van der Waals surface area contributed by atoms with Crippen LogP contribution >= 0.6 is 15.9 Å². The predicted octanol–water partition coefficient (Wildman–Crippen LogP) is 2.83. The molecule has 0 radical (unpaired) electrons. The van der Waals surface area contributed by atoms with Crippen molar-refractivity contribution in [3.63, 3.8) is 0 Å². The van der Waals surface area contributed by atoms with Gasteiger partial charge in [0.1, 0.15) is 0 Å². The Morgan fingerprint density at radius 2 is 2.06 bits per heavy atom. The highest BCUT2D eigenvalue weighted by Crippen LogP contribution is 2.22. The number of halogens is 1. The minimum Gasteiger partial charge on any atom is -0.377 e. The van der Waals surface area contributed by atoms with Crippen LogP contribution in [0.4, 0.5) is 0 Å². The Hall–Kier alpha value is -0.870. The SMILES string of the molecule is CC1(C)COCCN1C(=O)c1ccc(CBr)cc1. The number of benzene rings is 1. The molecule has 0 N–H and O–H groups in total. The summed E-state index contributed by atoms with van der Waals surface area (Å²) in [6, 6.07) is 7.75.